The van der Waals surface area contributed by atoms with E-state index in [0.717, 1.165) is 0 Å². The van der Waals surface area contributed by atoms with Gasteiger partial charge in [-0.3, -0.25) is 4.79 Å². The van der Waals surface area contributed by atoms with Crippen molar-refractivity contribution in [3.63, 3.8) is 0 Å². The molecule has 2 aromatic rings. The molecule has 0 radical (unpaired) electrons. The van der Waals surface area contributed by atoms with Gasteiger partial charge in [-0.2, -0.15) is 0 Å². The van der Waals surface area contributed by atoms with Crippen molar-refractivity contribution in [3.8, 4) is 0 Å². The van der Waals surface area contributed by atoms with Crippen LogP contribution in [0.5, 0.6) is 0 Å². The summed E-state index contributed by atoms with van der Waals surface area (Å²) in [4.78, 5) is 40.4. The van der Waals surface area contributed by atoms with Crippen molar-refractivity contribution in [2.24, 2.45) is 5.73 Å². The molecule has 0 aliphatic carbocycles. The van der Waals surface area contributed by atoms with Crippen molar-refractivity contribution in [1.82, 2.24) is 0 Å². The summed E-state index contributed by atoms with van der Waals surface area (Å²) in [5.41, 5.74) is 5.17. The maximum absolute atomic E-state index is 13.8. The van der Waals surface area contributed by atoms with Crippen LogP contribution in [0.1, 0.15) is 25.0 Å². The summed E-state index contributed by atoms with van der Waals surface area (Å²) in [6, 6.07) is 13.8. The standard InChI is InChI=1S/C24H21BrN2O6/c1-3-31-21(28)17-19(13-8-6-5-7-9-13)33-20(26)18(22(29)32-4-2)24(17)15-12-14(25)10-11-16(15)27-23(24)30/h5-12H,3-4,26H2,1-2H3,(H,27,30)/t24-/m0/s1. The van der Waals surface area contributed by atoms with Gasteiger partial charge in [0, 0.05) is 21.3 Å². The number of fused-ring (bicyclic) bond motifs is 2. The molecule has 0 aromatic heterocycles. The Morgan fingerprint density at radius 3 is 2.30 bits per heavy atom. The first-order valence-electron chi connectivity index (χ1n) is 10.3. The van der Waals surface area contributed by atoms with E-state index >= 15 is 0 Å². The van der Waals surface area contributed by atoms with Gasteiger partial charge in [0.1, 0.15) is 22.3 Å². The summed E-state index contributed by atoms with van der Waals surface area (Å²) in [5, 5.41) is 2.78. The number of nitrogens with one attached hydrogen (secondary N) is 1. The van der Waals surface area contributed by atoms with Gasteiger partial charge in [0.05, 0.1) is 13.2 Å². The van der Waals surface area contributed by atoms with Gasteiger partial charge in [-0.25, -0.2) is 9.59 Å². The molecule has 1 atom stereocenters. The zero-order chi connectivity index (χ0) is 23.8. The normalized spacial score (nSPS) is 19.2. The number of halogens is 1. The number of ether oxygens (including phenoxy) is 3. The molecule has 0 unspecified atom stereocenters. The Morgan fingerprint density at radius 1 is 1.03 bits per heavy atom. The van der Waals surface area contributed by atoms with Crippen molar-refractivity contribution in [1.29, 1.82) is 0 Å². The van der Waals surface area contributed by atoms with Gasteiger partial charge in [0.25, 0.3) is 0 Å². The number of hydrogen-bond acceptors (Lipinski definition) is 7. The number of esters is 2. The lowest BCUT2D eigenvalue weighted by Crippen LogP contribution is -2.48. The largest absolute Gasteiger partial charge is 0.462 e. The summed E-state index contributed by atoms with van der Waals surface area (Å²) < 4.78 is 17.1. The average Bonchev–Trinajstić information content (AvgIpc) is 3.06. The molecule has 2 aromatic carbocycles. The van der Waals surface area contributed by atoms with E-state index in [1.54, 1.807) is 62.4 Å². The molecule has 33 heavy (non-hydrogen) atoms. The fraction of sp³-hybridized carbons (Fsp3) is 0.208. The predicted octanol–water partition coefficient (Wildman–Crippen LogP) is 3.38. The van der Waals surface area contributed by atoms with Gasteiger partial charge >= 0.3 is 11.9 Å². The smallest absolute Gasteiger partial charge is 0.341 e. The van der Waals surface area contributed by atoms with E-state index in [1.807, 2.05) is 0 Å². The highest BCUT2D eigenvalue weighted by atomic mass is 79.9. The number of amides is 1. The number of anilines is 1. The molecule has 1 spiro atoms. The van der Waals surface area contributed by atoms with Crippen molar-refractivity contribution in [2.75, 3.05) is 18.5 Å². The third kappa shape index (κ3) is 3.48. The fourth-order valence-corrected chi connectivity index (χ4v) is 4.52. The molecular weight excluding hydrogens is 492 g/mol. The molecule has 0 saturated heterocycles. The Kier molecular flexibility index (Phi) is 5.99. The highest BCUT2D eigenvalue weighted by molar-refractivity contribution is 9.10. The van der Waals surface area contributed by atoms with Crippen LogP contribution in [0, 0.1) is 0 Å². The van der Waals surface area contributed by atoms with E-state index in [4.69, 9.17) is 19.9 Å². The van der Waals surface area contributed by atoms with Crippen LogP contribution >= 0.6 is 15.9 Å². The molecule has 2 heterocycles. The average molecular weight is 513 g/mol. The van der Waals surface area contributed by atoms with Crippen molar-refractivity contribution in [3.05, 3.63) is 81.2 Å². The Bertz CT molecular complexity index is 1220. The minimum Gasteiger partial charge on any atom is -0.462 e. The van der Waals surface area contributed by atoms with Crippen molar-refractivity contribution < 1.29 is 28.6 Å². The van der Waals surface area contributed by atoms with Gasteiger partial charge in [-0.15, -0.1) is 0 Å². The first-order valence-corrected chi connectivity index (χ1v) is 11.1. The van der Waals surface area contributed by atoms with Crippen LogP contribution < -0.4 is 11.1 Å². The first kappa shape index (κ1) is 22.6. The molecule has 170 valence electrons. The minimum absolute atomic E-state index is 0.0302. The molecule has 1 amide bonds. The number of carbonyl (C=O) groups is 3. The van der Waals surface area contributed by atoms with Crippen LogP contribution in [0.2, 0.25) is 0 Å². The molecule has 2 aliphatic rings. The zero-order valence-corrected chi connectivity index (χ0v) is 19.5. The van der Waals surface area contributed by atoms with Gasteiger partial charge in [0.2, 0.25) is 11.8 Å². The SMILES string of the molecule is CCOC(=O)C1=C(N)OC(c2ccccc2)=C(C(=O)OCC)[C@]12C(=O)Nc1ccc(Br)cc12. The van der Waals surface area contributed by atoms with Crippen LogP contribution in [0.25, 0.3) is 5.76 Å². The number of rotatable bonds is 5. The highest BCUT2D eigenvalue weighted by Gasteiger charge is 2.62. The van der Waals surface area contributed by atoms with Gasteiger partial charge in [-0.1, -0.05) is 46.3 Å². The summed E-state index contributed by atoms with van der Waals surface area (Å²) in [5.74, 6) is -2.62. The van der Waals surface area contributed by atoms with E-state index in [9.17, 15) is 14.4 Å². The summed E-state index contributed by atoms with van der Waals surface area (Å²) in [6.45, 7) is 3.35. The zero-order valence-electron chi connectivity index (χ0n) is 17.9. The Morgan fingerprint density at radius 2 is 1.67 bits per heavy atom. The maximum Gasteiger partial charge on any atom is 0.341 e. The quantitative estimate of drug-likeness (QED) is 0.589. The Balaban J connectivity index is 2.15. The molecule has 0 fully saturated rings. The number of nitrogens with two attached hydrogens (primary N) is 1. The summed E-state index contributed by atoms with van der Waals surface area (Å²) in [6.07, 6.45) is 0. The van der Waals surface area contributed by atoms with Crippen molar-refractivity contribution in [2.45, 2.75) is 19.3 Å². The second-order valence-electron chi connectivity index (χ2n) is 7.25. The van der Waals surface area contributed by atoms with Crippen LogP contribution in [0.4, 0.5) is 5.69 Å². The lowest BCUT2D eigenvalue weighted by molar-refractivity contribution is -0.142. The van der Waals surface area contributed by atoms with E-state index in [2.05, 4.69) is 21.2 Å². The molecule has 3 N–H and O–H groups in total. The van der Waals surface area contributed by atoms with Gasteiger partial charge < -0.3 is 25.3 Å². The van der Waals surface area contributed by atoms with Gasteiger partial charge in [0.15, 0.2) is 0 Å². The predicted molar refractivity (Wildman–Crippen MR) is 123 cm³/mol. The minimum atomic E-state index is -1.94. The molecule has 0 saturated carbocycles. The van der Waals surface area contributed by atoms with E-state index in [0.29, 0.717) is 21.3 Å². The van der Waals surface area contributed by atoms with Gasteiger partial charge in [-0.05, 0) is 32.0 Å². The molecule has 2 aliphatic heterocycles. The van der Waals surface area contributed by atoms with E-state index in [-0.39, 0.29) is 36.0 Å². The fourth-order valence-electron chi connectivity index (χ4n) is 4.16. The molecule has 4 rings (SSSR count). The second-order valence-corrected chi connectivity index (χ2v) is 8.16. The Hall–Kier alpha value is -3.59. The first-order chi connectivity index (χ1) is 15.9. The van der Waals surface area contributed by atoms with Crippen LogP contribution in [-0.4, -0.2) is 31.1 Å². The summed E-state index contributed by atoms with van der Waals surface area (Å²) in [7, 11) is 0. The lowest BCUT2D eigenvalue weighted by atomic mass is 9.67. The third-order valence-corrected chi connectivity index (χ3v) is 5.90. The Labute approximate surface area is 198 Å². The summed E-state index contributed by atoms with van der Waals surface area (Å²) >= 11 is 3.42. The highest BCUT2D eigenvalue weighted by Crippen LogP contribution is 2.54. The third-order valence-electron chi connectivity index (χ3n) is 5.40. The topological polar surface area (TPSA) is 117 Å². The van der Waals surface area contributed by atoms with Crippen molar-refractivity contribution >= 4 is 45.2 Å². The number of benzene rings is 2. The molecular formula is C24H21BrN2O6. The van der Waals surface area contributed by atoms with Crippen LogP contribution in [0.3, 0.4) is 0 Å². The molecule has 0 bridgehead atoms. The number of hydrogen-bond donors (Lipinski definition) is 2. The molecule has 8 nitrogen and oxygen atoms in total. The lowest BCUT2D eigenvalue weighted by Gasteiger charge is -2.36. The molecule has 9 heteroatoms. The number of carbonyl (C=O) groups excluding carboxylic acids is 3. The van der Waals surface area contributed by atoms with Crippen LogP contribution in [-0.2, 0) is 34.0 Å². The second kappa shape index (κ2) is 8.74. The van der Waals surface area contributed by atoms with Crippen LogP contribution in [0.15, 0.2) is 70.0 Å². The maximum atomic E-state index is 13.8. The van der Waals surface area contributed by atoms with E-state index in [1.165, 1.54) is 0 Å². The monoisotopic (exact) mass is 512 g/mol. The van der Waals surface area contributed by atoms with E-state index < -0.39 is 23.3 Å².